The number of likely N-dealkylation sites (N-methyl/N-ethyl adjacent to an activating group) is 1. The summed E-state index contributed by atoms with van der Waals surface area (Å²) in [4.78, 5) is 29.5. The van der Waals surface area contributed by atoms with Crippen LogP contribution in [-0.2, 0) is 4.79 Å². The van der Waals surface area contributed by atoms with E-state index in [1.807, 2.05) is 0 Å². The number of carbonyl (C=O) groups excluding carboxylic acids is 1. The summed E-state index contributed by atoms with van der Waals surface area (Å²) < 4.78 is 0. The van der Waals surface area contributed by atoms with Crippen LogP contribution in [0, 0.1) is 6.92 Å². The standard InChI is InChI=1S/C12H20N4O2S/c1-8-7-9(17)16-11(15-8)19-6-4-5-12(2,14-3)10(13)18/h7,14H,4-6H2,1-3H3,(H2,13,18)(H,15,16,17). The van der Waals surface area contributed by atoms with Crippen LogP contribution in [0.2, 0.25) is 0 Å². The average Bonchev–Trinajstić information content (AvgIpc) is 2.33. The normalized spacial score (nSPS) is 14.1. The summed E-state index contributed by atoms with van der Waals surface area (Å²) in [7, 11) is 1.72. The molecule has 0 aliphatic carbocycles. The van der Waals surface area contributed by atoms with Gasteiger partial charge in [0, 0.05) is 17.5 Å². The molecule has 4 N–H and O–H groups in total. The molecule has 1 heterocycles. The van der Waals surface area contributed by atoms with E-state index in [2.05, 4.69) is 15.3 Å². The molecule has 0 bridgehead atoms. The quantitative estimate of drug-likeness (QED) is 0.382. The highest BCUT2D eigenvalue weighted by Gasteiger charge is 2.27. The summed E-state index contributed by atoms with van der Waals surface area (Å²) in [5, 5.41) is 3.54. The second-order valence-electron chi connectivity index (χ2n) is 4.59. The Balaban J connectivity index is 2.47. The van der Waals surface area contributed by atoms with Crippen LogP contribution in [0.3, 0.4) is 0 Å². The number of aromatic nitrogens is 2. The molecule has 1 amide bonds. The van der Waals surface area contributed by atoms with E-state index in [0.717, 1.165) is 12.2 Å². The SMILES string of the molecule is CNC(C)(CCCSc1nc(C)cc(=O)[nH]1)C(N)=O. The average molecular weight is 284 g/mol. The zero-order chi connectivity index (χ0) is 14.5. The molecule has 0 saturated heterocycles. The van der Waals surface area contributed by atoms with Crippen LogP contribution in [0.25, 0.3) is 0 Å². The predicted octanol–water partition coefficient (Wildman–Crippen LogP) is 0.414. The molecule has 1 atom stereocenters. The monoisotopic (exact) mass is 284 g/mol. The third-order valence-electron chi connectivity index (χ3n) is 3.00. The van der Waals surface area contributed by atoms with Crippen molar-refractivity contribution in [2.24, 2.45) is 5.73 Å². The summed E-state index contributed by atoms with van der Waals surface area (Å²) in [5.41, 5.74) is 5.21. The minimum Gasteiger partial charge on any atom is -0.368 e. The van der Waals surface area contributed by atoms with Crippen molar-refractivity contribution < 1.29 is 4.79 Å². The number of nitrogens with one attached hydrogen (secondary N) is 2. The summed E-state index contributed by atoms with van der Waals surface area (Å²) in [5.74, 6) is 0.402. The van der Waals surface area contributed by atoms with Crippen molar-refractivity contribution in [1.29, 1.82) is 0 Å². The van der Waals surface area contributed by atoms with Gasteiger partial charge in [-0.3, -0.25) is 9.59 Å². The lowest BCUT2D eigenvalue weighted by molar-refractivity contribution is -0.123. The highest BCUT2D eigenvalue weighted by Crippen LogP contribution is 2.17. The molecule has 1 aromatic heterocycles. The first-order chi connectivity index (χ1) is 8.87. The third kappa shape index (κ3) is 4.68. The van der Waals surface area contributed by atoms with Gasteiger partial charge in [0.15, 0.2) is 5.16 Å². The van der Waals surface area contributed by atoms with Crippen molar-refractivity contribution in [3.63, 3.8) is 0 Å². The Labute approximate surface area is 116 Å². The smallest absolute Gasteiger partial charge is 0.251 e. The molecule has 106 valence electrons. The van der Waals surface area contributed by atoms with Crippen molar-refractivity contribution in [2.75, 3.05) is 12.8 Å². The van der Waals surface area contributed by atoms with E-state index in [-0.39, 0.29) is 11.5 Å². The van der Waals surface area contributed by atoms with Crippen LogP contribution in [0.5, 0.6) is 0 Å². The molecule has 0 radical (unpaired) electrons. The van der Waals surface area contributed by atoms with E-state index < -0.39 is 5.54 Å². The maximum atomic E-state index is 11.3. The first kappa shape index (κ1) is 15.7. The number of thioether (sulfide) groups is 1. The molecule has 0 fully saturated rings. The molecule has 19 heavy (non-hydrogen) atoms. The first-order valence-electron chi connectivity index (χ1n) is 6.07. The molecule has 0 aliphatic rings. The Morgan fingerprint density at radius 2 is 2.32 bits per heavy atom. The second kappa shape index (κ2) is 6.72. The third-order valence-corrected chi connectivity index (χ3v) is 3.96. The van der Waals surface area contributed by atoms with Crippen LogP contribution in [0.4, 0.5) is 0 Å². The fraction of sp³-hybridized carbons (Fsp3) is 0.583. The second-order valence-corrected chi connectivity index (χ2v) is 5.67. The maximum Gasteiger partial charge on any atom is 0.251 e. The largest absolute Gasteiger partial charge is 0.368 e. The molecule has 1 rings (SSSR count). The number of aryl methyl sites for hydroxylation is 1. The van der Waals surface area contributed by atoms with Crippen molar-refractivity contribution >= 4 is 17.7 Å². The number of carbonyl (C=O) groups is 1. The zero-order valence-electron chi connectivity index (χ0n) is 11.4. The van der Waals surface area contributed by atoms with Gasteiger partial charge in [-0.1, -0.05) is 11.8 Å². The lowest BCUT2D eigenvalue weighted by Gasteiger charge is -2.25. The summed E-state index contributed by atoms with van der Waals surface area (Å²) in [6, 6.07) is 1.45. The summed E-state index contributed by atoms with van der Waals surface area (Å²) in [6.45, 7) is 3.57. The fourth-order valence-corrected chi connectivity index (χ4v) is 2.45. The molecule has 7 heteroatoms. The minimum absolute atomic E-state index is 0.146. The van der Waals surface area contributed by atoms with E-state index in [1.165, 1.54) is 17.8 Å². The van der Waals surface area contributed by atoms with Crippen LogP contribution in [0.15, 0.2) is 16.0 Å². The van der Waals surface area contributed by atoms with E-state index in [1.54, 1.807) is 20.9 Å². The van der Waals surface area contributed by atoms with Gasteiger partial charge in [-0.05, 0) is 33.7 Å². The van der Waals surface area contributed by atoms with E-state index in [4.69, 9.17) is 5.73 Å². The van der Waals surface area contributed by atoms with Crippen molar-refractivity contribution in [3.8, 4) is 0 Å². The molecule has 0 aromatic carbocycles. The number of hydrogen-bond acceptors (Lipinski definition) is 5. The molecule has 1 unspecified atom stereocenters. The number of nitrogens with two attached hydrogens (primary N) is 1. The van der Waals surface area contributed by atoms with Crippen LogP contribution < -0.4 is 16.6 Å². The van der Waals surface area contributed by atoms with Gasteiger partial charge in [-0.15, -0.1) is 0 Å². The van der Waals surface area contributed by atoms with Crippen LogP contribution in [-0.4, -0.2) is 34.2 Å². The number of H-pyrrole nitrogens is 1. The van der Waals surface area contributed by atoms with Gasteiger partial charge in [0.2, 0.25) is 5.91 Å². The Bertz CT molecular complexity index is 503. The van der Waals surface area contributed by atoms with Gasteiger partial charge in [0.25, 0.3) is 5.56 Å². The van der Waals surface area contributed by atoms with Crippen molar-refractivity contribution in [2.45, 2.75) is 37.4 Å². The Kier molecular flexibility index (Phi) is 5.56. The molecule has 1 aromatic rings. The lowest BCUT2D eigenvalue weighted by Crippen LogP contribution is -2.51. The lowest BCUT2D eigenvalue weighted by atomic mass is 9.96. The van der Waals surface area contributed by atoms with E-state index in [9.17, 15) is 9.59 Å². The van der Waals surface area contributed by atoms with Crippen LogP contribution in [0.1, 0.15) is 25.5 Å². The summed E-state index contributed by atoms with van der Waals surface area (Å²) in [6.07, 6.45) is 1.44. The van der Waals surface area contributed by atoms with Gasteiger partial charge in [0.05, 0.1) is 5.54 Å². The number of nitrogens with zero attached hydrogens (tertiary/aromatic N) is 1. The predicted molar refractivity (Wildman–Crippen MR) is 76.2 cm³/mol. The molecule has 0 aliphatic heterocycles. The number of primary amides is 1. The topological polar surface area (TPSA) is 101 Å². The Morgan fingerprint density at radius 3 is 2.84 bits per heavy atom. The maximum absolute atomic E-state index is 11.3. The number of amides is 1. The molecule has 6 nitrogen and oxygen atoms in total. The molecule has 0 saturated carbocycles. The zero-order valence-corrected chi connectivity index (χ0v) is 12.3. The van der Waals surface area contributed by atoms with Gasteiger partial charge in [-0.2, -0.15) is 0 Å². The highest BCUT2D eigenvalue weighted by molar-refractivity contribution is 7.99. The number of aromatic amines is 1. The highest BCUT2D eigenvalue weighted by atomic mass is 32.2. The van der Waals surface area contributed by atoms with Crippen molar-refractivity contribution in [3.05, 3.63) is 22.1 Å². The molecule has 0 spiro atoms. The minimum atomic E-state index is -0.687. The van der Waals surface area contributed by atoms with Gasteiger partial charge < -0.3 is 16.0 Å². The Hall–Kier alpha value is -1.34. The Morgan fingerprint density at radius 1 is 1.63 bits per heavy atom. The molecular formula is C12H20N4O2S. The number of hydrogen-bond donors (Lipinski definition) is 3. The summed E-state index contributed by atoms with van der Waals surface area (Å²) >= 11 is 1.47. The first-order valence-corrected chi connectivity index (χ1v) is 7.05. The van der Waals surface area contributed by atoms with Gasteiger partial charge in [0.1, 0.15) is 0 Å². The fourth-order valence-electron chi connectivity index (χ4n) is 1.59. The number of rotatable bonds is 7. The van der Waals surface area contributed by atoms with Crippen molar-refractivity contribution in [1.82, 2.24) is 15.3 Å². The van der Waals surface area contributed by atoms with E-state index >= 15 is 0 Å². The van der Waals surface area contributed by atoms with Gasteiger partial charge >= 0.3 is 0 Å². The van der Waals surface area contributed by atoms with E-state index in [0.29, 0.717) is 17.3 Å². The molecular weight excluding hydrogens is 264 g/mol. The van der Waals surface area contributed by atoms with Crippen LogP contribution >= 0.6 is 11.8 Å². The van der Waals surface area contributed by atoms with Gasteiger partial charge in [-0.25, -0.2) is 4.98 Å².